The summed E-state index contributed by atoms with van der Waals surface area (Å²) in [7, 11) is 0. The zero-order valence-electron chi connectivity index (χ0n) is 11.2. The zero-order valence-corrected chi connectivity index (χ0v) is 11.2. The van der Waals surface area contributed by atoms with Crippen LogP contribution in [0.4, 0.5) is 20.2 Å². The van der Waals surface area contributed by atoms with Crippen LogP contribution in [0.3, 0.4) is 0 Å². The minimum Gasteiger partial charge on any atom is -0.275 e. The Balaban J connectivity index is 2.22. The first-order valence-electron chi connectivity index (χ1n) is 6.31. The molecule has 0 atom stereocenters. The smallest absolute Gasteiger partial charge is 0.275 e. The van der Waals surface area contributed by atoms with Gasteiger partial charge in [0.2, 0.25) is 0 Å². The normalized spacial score (nSPS) is 16.4. The van der Waals surface area contributed by atoms with Gasteiger partial charge in [0.1, 0.15) is 0 Å². The Morgan fingerprint density at radius 3 is 2.25 bits per heavy atom. The fraction of sp³-hybridized carbons (Fsp3) is 0.188. The molecule has 102 valence electrons. The highest BCUT2D eigenvalue weighted by Crippen LogP contribution is 2.47. The Labute approximate surface area is 115 Å². The Kier molecular flexibility index (Phi) is 2.64. The minimum absolute atomic E-state index is 0.232. The van der Waals surface area contributed by atoms with E-state index in [1.165, 1.54) is 12.1 Å². The highest BCUT2D eigenvalue weighted by atomic mass is 19.3. The second-order valence-corrected chi connectivity index (χ2v) is 5.08. The van der Waals surface area contributed by atoms with E-state index in [-0.39, 0.29) is 11.3 Å². The van der Waals surface area contributed by atoms with Crippen LogP contribution < -0.4 is 4.90 Å². The van der Waals surface area contributed by atoms with Gasteiger partial charge >= 0.3 is 11.8 Å². The van der Waals surface area contributed by atoms with Crippen LogP contribution in [0.25, 0.3) is 0 Å². The molecule has 4 heteroatoms. The fourth-order valence-electron chi connectivity index (χ4n) is 2.64. The van der Waals surface area contributed by atoms with E-state index < -0.39 is 11.8 Å². The number of benzene rings is 2. The molecule has 3 rings (SSSR count). The summed E-state index contributed by atoms with van der Waals surface area (Å²) in [6, 6.07) is 11.4. The second kappa shape index (κ2) is 4.13. The van der Waals surface area contributed by atoms with Crippen LogP contribution in [-0.4, -0.2) is 5.91 Å². The van der Waals surface area contributed by atoms with Crippen LogP contribution >= 0.6 is 0 Å². The number of aryl methyl sites for hydroxylation is 2. The Morgan fingerprint density at radius 1 is 1.00 bits per heavy atom. The molecule has 0 spiro atoms. The van der Waals surface area contributed by atoms with E-state index in [1.54, 1.807) is 24.3 Å². The molecule has 2 nitrogen and oxygen atoms in total. The van der Waals surface area contributed by atoms with Crippen molar-refractivity contribution in [2.45, 2.75) is 19.8 Å². The molecule has 0 N–H and O–H groups in total. The first-order valence-corrected chi connectivity index (χ1v) is 6.31. The highest BCUT2D eigenvalue weighted by Gasteiger charge is 2.53. The van der Waals surface area contributed by atoms with Crippen molar-refractivity contribution in [2.24, 2.45) is 0 Å². The third kappa shape index (κ3) is 1.72. The average molecular weight is 273 g/mol. The third-order valence-corrected chi connectivity index (χ3v) is 3.42. The number of hydrogen-bond donors (Lipinski definition) is 0. The number of fused-ring (bicyclic) bond motifs is 1. The van der Waals surface area contributed by atoms with Crippen LogP contribution in [0.5, 0.6) is 0 Å². The van der Waals surface area contributed by atoms with Crippen molar-refractivity contribution in [3.8, 4) is 0 Å². The maximum atomic E-state index is 14.1. The van der Waals surface area contributed by atoms with E-state index in [1.807, 2.05) is 19.9 Å². The standard InChI is InChI=1S/C16H13F2NO/c1-10-7-11(2)9-12(8-10)19-14-6-4-3-5-13(14)16(17,18)15(19)20/h3-9H,1-2H3. The number of anilines is 2. The lowest BCUT2D eigenvalue weighted by atomic mass is 10.1. The number of halogens is 2. The van der Waals surface area contributed by atoms with Gasteiger partial charge in [-0.3, -0.25) is 9.69 Å². The number of amides is 1. The number of para-hydroxylation sites is 1. The van der Waals surface area contributed by atoms with Crippen molar-refractivity contribution >= 4 is 17.3 Å². The number of carbonyl (C=O) groups excluding carboxylic acids is 1. The molecule has 2 aromatic carbocycles. The fourth-order valence-corrected chi connectivity index (χ4v) is 2.64. The van der Waals surface area contributed by atoms with Gasteiger partial charge in [0, 0.05) is 5.69 Å². The Hall–Kier alpha value is -2.23. The first-order chi connectivity index (χ1) is 9.41. The molecular weight excluding hydrogens is 260 g/mol. The van der Waals surface area contributed by atoms with Crippen LogP contribution in [0.15, 0.2) is 42.5 Å². The van der Waals surface area contributed by atoms with Crippen molar-refractivity contribution in [2.75, 3.05) is 4.90 Å². The van der Waals surface area contributed by atoms with Gasteiger partial charge in [-0.1, -0.05) is 24.3 Å². The predicted molar refractivity (Wildman–Crippen MR) is 73.4 cm³/mol. The van der Waals surface area contributed by atoms with Crippen LogP contribution in [0.1, 0.15) is 16.7 Å². The molecule has 0 bridgehead atoms. The van der Waals surface area contributed by atoms with Crippen molar-refractivity contribution in [3.05, 3.63) is 59.2 Å². The molecule has 1 amide bonds. The van der Waals surface area contributed by atoms with Gasteiger partial charge in [-0.25, -0.2) is 0 Å². The molecular formula is C16H13F2NO. The topological polar surface area (TPSA) is 20.3 Å². The van der Waals surface area contributed by atoms with E-state index in [0.29, 0.717) is 5.69 Å². The van der Waals surface area contributed by atoms with Gasteiger partial charge in [0.05, 0.1) is 11.3 Å². The van der Waals surface area contributed by atoms with Crippen LogP contribution in [0.2, 0.25) is 0 Å². The van der Waals surface area contributed by atoms with Crippen LogP contribution in [0, 0.1) is 13.8 Å². The van der Waals surface area contributed by atoms with Gasteiger partial charge < -0.3 is 0 Å². The van der Waals surface area contributed by atoms with E-state index in [2.05, 4.69) is 0 Å². The van der Waals surface area contributed by atoms with E-state index >= 15 is 0 Å². The monoisotopic (exact) mass is 273 g/mol. The SMILES string of the molecule is Cc1cc(C)cc(N2C(=O)C(F)(F)c3ccccc32)c1. The third-order valence-electron chi connectivity index (χ3n) is 3.42. The van der Waals surface area contributed by atoms with E-state index in [0.717, 1.165) is 16.0 Å². The van der Waals surface area contributed by atoms with Crippen molar-refractivity contribution in [1.29, 1.82) is 0 Å². The maximum absolute atomic E-state index is 14.1. The number of rotatable bonds is 1. The lowest BCUT2D eigenvalue weighted by Crippen LogP contribution is -2.31. The van der Waals surface area contributed by atoms with Crippen molar-refractivity contribution in [3.63, 3.8) is 0 Å². The molecule has 0 saturated carbocycles. The molecule has 1 aliphatic rings. The number of carbonyl (C=O) groups is 1. The zero-order chi connectivity index (χ0) is 14.5. The van der Waals surface area contributed by atoms with Gasteiger partial charge in [-0.2, -0.15) is 8.78 Å². The molecule has 0 unspecified atom stereocenters. The number of hydrogen-bond acceptors (Lipinski definition) is 1. The predicted octanol–water partition coefficient (Wildman–Crippen LogP) is 4.07. The summed E-state index contributed by atoms with van der Waals surface area (Å²) in [5.74, 6) is -4.66. The van der Waals surface area contributed by atoms with Crippen molar-refractivity contribution in [1.82, 2.24) is 0 Å². The summed E-state index contributed by atoms with van der Waals surface area (Å²) in [5.41, 5.74) is 2.37. The summed E-state index contributed by atoms with van der Waals surface area (Å²) in [6.45, 7) is 3.75. The molecule has 1 heterocycles. The molecule has 0 aliphatic carbocycles. The Bertz CT molecular complexity index is 689. The maximum Gasteiger partial charge on any atom is 0.352 e. The minimum atomic E-state index is -3.46. The molecule has 20 heavy (non-hydrogen) atoms. The van der Waals surface area contributed by atoms with Crippen molar-refractivity contribution < 1.29 is 13.6 Å². The second-order valence-electron chi connectivity index (χ2n) is 5.08. The first kappa shape index (κ1) is 12.8. The molecule has 0 saturated heterocycles. The molecule has 0 fully saturated rings. The summed E-state index contributed by atoms with van der Waals surface area (Å²) < 4.78 is 28.2. The summed E-state index contributed by atoms with van der Waals surface area (Å²) in [6.07, 6.45) is 0. The van der Waals surface area contributed by atoms with Gasteiger partial charge in [0.25, 0.3) is 0 Å². The number of alkyl halides is 2. The summed E-state index contributed by atoms with van der Waals surface area (Å²) >= 11 is 0. The molecule has 0 radical (unpaired) electrons. The molecule has 0 aromatic heterocycles. The van der Waals surface area contributed by atoms with Gasteiger partial charge in [-0.05, 0) is 43.2 Å². The van der Waals surface area contributed by atoms with Gasteiger partial charge in [-0.15, -0.1) is 0 Å². The van der Waals surface area contributed by atoms with E-state index in [4.69, 9.17) is 0 Å². The Morgan fingerprint density at radius 2 is 1.60 bits per heavy atom. The lowest BCUT2D eigenvalue weighted by molar-refractivity contribution is -0.140. The largest absolute Gasteiger partial charge is 0.352 e. The number of nitrogens with zero attached hydrogens (tertiary/aromatic N) is 1. The van der Waals surface area contributed by atoms with Crippen LogP contribution in [-0.2, 0) is 10.7 Å². The summed E-state index contributed by atoms with van der Waals surface area (Å²) in [5, 5.41) is 0. The highest BCUT2D eigenvalue weighted by molar-refractivity contribution is 6.11. The lowest BCUT2D eigenvalue weighted by Gasteiger charge is -2.18. The van der Waals surface area contributed by atoms with E-state index in [9.17, 15) is 13.6 Å². The quantitative estimate of drug-likeness (QED) is 0.767. The average Bonchev–Trinajstić information content (AvgIpc) is 2.57. The molecule has 1 aliphatic heterocycles. The molecule has 2 aromatic rings. The van der Waals surface area contributed by atoms with Gasteiger partial charge in [0.15, 0.2) is 0 Å². The summed E-state index contributed by atoms with van der Waals surface area (Å²) in [4.78, 5) is 13.2.